The van der Waals surface area contributed by atoms with E-state index < -0.39 is 5.41 Å². The van der Waals surface area contributed by atoms with E-state index in [4.69, 9.17) is 9.97 Å². The van der Waals surface area contributed by atoms with Crippen molar-refractivity contribution in [1.82, 2.24) is 29.1 Å². The number of rotatable bonds is 4. The summed E-state index contributed by atoms with van der Waals surface area (Å²) in [7, 11) is 4.06. The number of hydrogen-bond donors (Lipinski definition) is 0. The fourth-order valence-corrected chi connectivity index (χ4v) is 4.57. The molecule has 36 heavy (non-hydrogen) atoms. The van der Waals surface area contributed by atoms with Crippen LogP contribution in [0.15, 0.2) is 73.3 Å². The van der Waals surface area contributed by atoms with E-state index in [2.05, 4.69) is 69.3 Å². The SMILES string of the molecule is Cn1c(-c2cncc(C(C)(C)c3cncc(-c4[c-]c5ccccc5n4C)n3)n2)[c-]c2ccccc21.[Pt+2]. The molecule has 4 heterocycles. The summed E-state index contributed by atoms with van der Waals surface area (Å²) in [4.78, 5) is 19.1. The van der Waals surface area contributed by atoms with E-state index in [9.17, 15) is 0 Å². The van der Waals surface area contributed by atoms with Gasteiger partial charge < -0.3 is 9.13 Å². The van der Waals surface area contributed by atoms with Crippen LogP contribution in [-0.4, -0.2) is 29.1 Å². The minimum absolute atomic E-state index is 0. The minimum atomic E-state index is -0.513. The van der Waals surface area contributed by atoms with Crippen LogP contribution in [0.25, 0.3) is 44.6 Å². The quantitative estimate of drug-likeness (QED) is 0.236. The number of benzene rings is 2. The van der Waals surface area contributed by atoms with Crippen molar-refractivity contribution >= 4 is 21.8 Å². The molecule has 0 amide bonds. The Morgan fingerprint density at radius 1 is 0.639 bits per heavy atom. The Bertz CT molecular complexity index is 1590. The molecule has 0 N–H and O–H groups in total. The Hall–Kier alpha value is -3.63. The van der Waals surface area contributed by atoms with Crippen LogP contribution in [0.5, 0.6) is 0 Å². The topological polar surface area (TPSA) is 61.4 Å². The minimum Gasteiger partial charge on any atom is -0.397 e. The van der Waals surface area contributed by atoms with Crippen molar-refractivity contribution in [3.63, 3.8) is 0 Å². The fourth-order valence-electron chi connectivity index (χ4n) is 4.57. The predicted molar refractivity (Wildman–Crippen MR) is 138 cm³/mol. The monoisotopic (exact) mass is 651 g/mol. The zero-order chi connectivity index (χ0) is 24.2. The number of nitrogens with zero attached hydrogens (tertiary/aromatic N) is 6. The van der Waals surface area contributed by atoms with Gasteiger partial charge in [-0.1, -0.05) is 24.3 Å². The Balaban J connectivity index is 0.00000267. The van der Waals surface area contributed by atoms with E-state index in [1.165, 1.54) is 0 Å². The van der Waals surface area contributed by atoms with Crippen LogP contribution in [0.2, 0.25) is 0 Å². The average Bonchev–Trinajstić information content (AvgIpc) is 3.41. The van der Waals surface area contributed by atoms with Crippen LogP contribution in [0.1, 0.15) is 25.2 Å². The molecule has 0 aliphatic heterocycles. The van der Waals surface area contributed by atoms with Gasteiger partial charge in [-0.05, 0) is 36.3 Å². The third kappa shape index (κ3) is 3.86. The summed E-state index contributed by atoms with van der Waals surface area (Å²) in [6.45, 7) is 4.20. The molecule has 0 fully saturated rings. The summed E-state index contributed by atoms with van der Waals surface area (Å²) in [5, 5.41) is 2.11. The molecule has 0 saturated carbocycles. The third-order valence-corrected chi connectivity index (χ3v) is 6.74. The van der Waals surface area contributed by atoms with Gasteiger partial charge in [-0.15, -0.1) is 47.2 Å². The maximum atomic E-state index is 5.01. The Labute approximate surface area is 224 Å². The van der Waals surface area contributed by atoms with Gasteiger partial charge in [-0.3, -0.25) is 19.9 Å². The van der Waals surface area contributed by atoms with Crippen molar-refractivity contribution in [2.24, 2.45) is 14.1 Å². The van der Waals surface area contributed by atoms with E-state index in [1.807, 2.05) is 50.8 Å². The second-order valence-corrected chi connectivity index (χ2v) is 9.30. The van der Waals surface area contributed by atoms with E-state index in [-0.39, 0.29) is 21.1 Å². The number of fused-ring (bicyclic) bond motifs is 2. The van der Waals surface area contributed by atoms with Crippen LogP contribution < -0.4 is 0 Å². The molecule has 180 valence electrons. The summed E-state index contributed by atoms with van der Waals surface area (Å²) in [6.07, 6.45) is 7.20. The van der Waals surface area contributed by atoms with Crippen molar-refractivity contribution in [2.75, 3.05) is 0 Å². The van der Waals surface area contributed by atoms with Gasteiger partial charge in [0, 0.05) is 50.3 Å². The summed E-state index contributed by atoms with van der Waals surface area (Å²) in [5.74, 6) is 0. The zero-order valence-corrected chi connectivity index (χ0v) is 22.7. The second-order valence-electron chi connectivity index (χ2n) is 9.30. The largest absolute Gasteiger partial charge is 2.00 e. The molecule has 7 heteroatoms. The average molecular weight is 652 g/mol. The zero-order valence-electron chi connectivity index (χ0n) is 20.4. The van der Waals surface area contributed by atoms with Gasteiger partial charge in [-0.25, -0.2) is 0 Å². The Kier molecular flexibility index (Phi) is 6.09. The summed E-state index contributed by atoms with van der Waals surface area (Å²) in [6, 6.07) is 23.3. The summed E-state index contributed by atoms with van der Waals surface area (Å²) < 4.78 is 4.21. The number of aryl methyl sites for hydroxylation is 2. The number of aromatic nitrogens is 6. The number of hydrogen-bond acceptors (Lipinski definition) is 4. The molecule has 6 rings (SSSR count). The van der Waals surface area contributed by atoms with Crippen molar-refractivity contribution in [1.29, 1.82) is 0 Å². The summed E-state index contributed by atoms with van der Waals surface area (Å²) in [5.41, 5.74) is 6.71. The van der Waals surface area contributed by atoms with Crippen LogP contribution >= 0.6 is 0 Å². The molecule has 0 aliphatic carbocycles. The first-order valence-electron chi connectivity index (χ1n) is 11.5. The van der Waals surface area contributed by atoms with Gasteiger partial charge in [0.05, 0.1) is 16.8 Å². The van der Waals surface area contributed by atoms with Gasteiger partial charge in [0.15, 0.2) is 0 Å². The third-order valence-electron chi connectivity index (χ3n) is 6.74. The first-order valence-corrected chi connectivity index (χ1v) is 11.5. The van der Waals surface area contributed by atoms with Gasteiger partial charge >= 0.3 is 21.1 Å². The molecule has 0 radical (unpaired) electrons. The Morgan fingerprint density at radius 2 is 1.06 bits per heavy atom. The molecular formula is C29H24N6Pt. The molecule has 2 aromatic carbocycles. The molecule has 4 aromatic heterocycles. The van der Waals surface area contributed by atoms with Crippen molar-refractivity contribution in [2.45, 2.75) is 19.3 Å². The maximum Gasteiger partial charge on any atom is 2.00 e. The molecule has 6 aromatic rings. The molecule has 0 atom stereocenters. The molecule has 0 spiro atoms. The molecule has 0 bridgehead atoms. The van der Waals surface area contributed by atoms with Crippen molar-refractivity contribution in [3.05, 3.63) is 96.8 Å². The fraction of sp³-hybridized carbons (Fsp3) is 0.172. The summed E-state index contributed by atoms with van der Waals surface area (Å²) >= 11 is 0. The predicted octanol–water partition coefficient (Wildman–Crippen LogP) is 5.51. The smallest absolute Gasteiger partial charge is 0.397 e. The standard InChI is InChI=1S/C29H24N6.Pt/c1-29(2,27-17-30-15-21(32-27)25-13-19-9-5-7-11-23(19)34(25)3)28-18-31-16-22(33-28)26-14-20-10-6-8-12-24(20)35(26)4;/h5-12,15-18H,1-4H3;/q-2;+2. The molecule has 6 nitrogen and oxygen atoms in total. The van der Waals surface area contributed by atoms with Gasteiger partial charge in [0.1, 0.15) is 0 Å². The Morgan fingerprint density at radius 3 is 1.47 bits per heavy atom. The van der Waals surface area contributed by atoms with Crippen LogP contribution in [0.4, 0.5) is 0 Å². The molecule has 0 aliphatic rings. The van der Waals surface area contributed by atoms with E-state index >= 15 is 0 Å². The van der Waals surface area contributed by atoms with E-state index in [1.54, 1.807) is 12.4 Å². The maximum absolute atomic E-state index is 5.01. The van der Waals surface area contributed by atoms with E-state index in [0.29, 0.717) is 0 Å². The molecule has 0 unspecified atom stereocenters. The first kappa shape index (κ1) is 24.1. The molecular weight excluding hydrogens is 627 g/mol. The van der Waals surface area contributed by atoms with Crippen LogP contribution in [-0.2, 0) is 40.6 Å². The normalized spacial score (nSPS) is 11.7. The van der Waals surface area contributed by atoms with Crippen molar-refractivity contribution < 1.29 is 21.1 Å². The number of para-hydroxylation sites is 2. The van der Waals surface area contributed by atoms with Crippen LogP contribution in [0, 0.1) is 12.1 Å². The first-order chi connectivity index (χ1) is 16.9. The van der Waals surface area contributed by atoms with Gasteiger partial charge in [0.2, 0.25) is 0 Å². The van der Waals surface area contributed by atoms with Crippen molar-refractivity contribution in [3.8, 4) is 22.8 Å². The van der Waals surface area contributed by atoms with Gasteiger partial charge in [0.25, 0.3) is 0 Å². The van der Waals surface area contributed by atoms with Gasteiger partial charge in [-0.2, -0.15) is 0 Å². The molecule has 0 saturated heterocycles. The second kappa shape index (κ2) is 9.10. The van der Waals surface area contributed by atoms with E-state index in [0.717, 1.165) is 56.0 Å². The van der Waals surface area contributed by atoms with Crippen LogP contribution in [0.3, 0.4) is 0 Å².